The van der Waals surface area contributed by atoms with Crippen molar-refractivity contribution in [3.63, 3.8) is 0 Å². The highest BCUT2D eigenvalue weighted by Crippen LogP contribution is 2.16. The van der Waals surface area contributed by atoms with E-state index in [1.54, 1.807) is 0 Å². The van der Waals surface area contributed by atoms with Crippen molar-refractivity contribution in [2.45, 2.75) is 19.5 Å². The molecule has 3 rings (SSSR count). The Labute approximate surface area is 147 Å². The molecule has 1 heterocycles. The summed E-state index contributed by atoms with van der Waals surface area (Å²) in [5, 5.41) is 5.75. The summed E-state index contributed by atoms with van der Waals surface area (Å²) < 4.78 is 2.11. The van der Waals surface area contributed by atoms with Crippen LogP contribution in [0.1, 0.15) is 12.0 Å². The molecule has 128 valence electrons. The van der Waals surface area contributed by atoms with Gasteiger partial charge in [-0.05, 0) is 12.0 Å². The predicted octanol–water partition coefficient (Wildman–Crippen LogP) is 3.44. The van der Waals surface area contributed by atoms with Crippen molar-refractivity contribution in [2.24, 2.45) is 0 Å². The molecule has 3 aromatic rings. The number of nitrogens with zero attached hydrogens (tertiary/aromatic N) is 2. The number of amides is 2. The van der Waals surface area contributed by atoms with Gasteiger partial charge in [-0.3, -0.25) is 0 Å². The van der Waals surface area contributed by atoms with E-state index in [4.69, 9.17) is 0 Å². The number of urea groups is 1. The lowest BCUT2D eigenvalue weighted by Crippen LogP contribution is -2.35. The molecule has 0 bridgehead atoms. The Morgan fingerprint density at radius 2 is 1.68 bits per heavy atom. The van der Waals surface area contributed by atoms with Crippen LogP contribution in [0, 0.1) is 0 Å². The van der Waals surface area contributed by atoms with Crippen LogP contribution < -0.4 is 10.6 Å². The maximum Gasteiger partial charge on any atom is 0.315 e. The van der Waals surface area contributed by atoms with E-state index in [1.807, 2.05) is 73.1 Å². The first kappa shape index (κ1) is 16.8. The lowest BCUT2D eigenvalue weighted by Gasteiger charge is -2.10. The van der Waals surface area contributed by atoms with E-state index in [1.165, 1.54) is 0 Å². The molecule has 0 aliphatic carbocycles. The van der Waals surface area contributed by atoms with Crippen LogP contribution in [0.4, 0.5) is 4.79 Å². The van der Waals surface area contributed by atoms with Crippen molar-refractivity contribution in [2.75, 3.05) is 6.54 Å². The first-order valence-electron chi connectivity index (χ1n) is 8.45. The lowest BCUT2D eigenvalue weighted by molar-refractivity contribution is 0.240. The number of nitrogens with one attached hydrogen (secondary N) is 2. The highest BCUT2D eigenvalue weighted by Gasteiger charge is 2.05. The van der Waals surface area contributed by atoms with E-state index >= 15 is 0 Å². The molecule has 0 radical (unpaired) electrons. The van der Waals surface area contributed by atoms with Gasteiger partial charge in [0.25, 0.3) is 0 Å². The molecule has 2 amide bonds. The Kier molecular flexibility index (Phi) is 5.82. The zero-order valence-electron chi connectivity index (χ0n) is 14.1. The third-order valence-corrected chi connectivity index (χ3v) is 3.90. The Morgan fingerprint density at radius 3 is 2.44 bits per heavy atom. The standard InChI is InChI=1S/C20H22N4O/c25-20(23-16-17-8-3-1-4-9-17)22-12-7-14-24-15-13-21-19(24)18-10-5-2-6-11-18/h1-6,8-11,13,15H,7,12,14,16H2,(H2,22,23,25). The van der Waals surface area contributed by atoms with Crippen LogP contribution in [0.15, 0.2) is 73.1 Å². The summed E-state index contributed by atoms with van der Waals surface area (Å²) >= 11 is 0. The van der Waals surface area contributed by atoms with Gasteiger partial charge in [-0.2, -0.15) is 0 Å². The number of benzene rings is 2. The minimum absolute atomic E-state index is 0.141. The number of hydrogen-bond acceptors (Lipinski definition) is 2. The van der Waals surface area contributed by atoms with Gasteiger partial charge in [0.2, 0.25) is 0 Å². The molecular weight excluding hydrogens is 312 g/mol. The molecule has 0 aliphatic rings. The van der Waals surface area contributed by atoms with Crippen LogP contribution in [0.5, 0.6) is 0 Å². The van der Waals surface area contributed by atoms with Gasteiger partial charge in [0, 0.05) is 37.6 Å². The van der Waals surface area contributed by atoms with Crippen molar-refractivity contribution >= 4 is 6.03 Å². The third kappa shape index (κ3) is 4.94. The molecule has 0 unspecified atom stereocenters. The zero-order chi connectivity index (χ0) is 17.3. The summed E-state index contributed by atoms with van der Waals surface area (Å²) in [5.41, 5.74) is 2.18. The number of carbonyl (C=O) groups is 1. The number of rotatable bonds is 7. The molecule has 2 N–H and O–H groups in total. The molecule has 1 aromatic heterocycles. The average Bonchev–Trinajstić information content (AvgIpc) is 3.14. The van der Waals surface area contributed by atoms with E-state index < -0.39 is 0 Å². The molecule has 0 saturated carbocycles. The molecule has 0 spiro atoms. The summed E-state index contributed by atoms with van der Waals surface area (Å²) in [5.74, 6) is 0.953. The highest BCUT2D eigenvalue weighted by molar-refractivity contribution is 5.73. The van der Waals surface area contributed by atoms with Crippen LogP contribution in [-0.4, -0.2) is 22.1 Å². The van der Waals surface area contributed by atoms with Crippen LogP contribution in [0.2, 0.25) is 0 Å². The van der Waals surface area contributed by atoms with Crippen LogP contribution in [0.3, 0.4) is 0 Å². The van der Waals surface area contributed by atoms with Gasteiger partial charge in [-0.15, -0.1) is 0 Å². The van der Waals surface area contributed by atoms with Crippen molar-refractivity contribution in [3.05, 3.63) is 78.6 Å². The smallest absolute Gasteiger partial charge is 0.315 e. The number of hydrogen-bond donors (Lipinski definition) is 2. The quantitative estimate of drug-likeness (QED) is 0.650. The average molecular weight is 334 g/mol. The lowest BCUT2D eigenvalue weighted by atomic mass is 10.2. The van der Waals surface area contributed by atoms with Gasteiger partial charge in [0.15, 0.2) is 0 Å². The molecule has 0 aliphatic heterocycles. The van der Waals surface area contributed by atoms with Gasteiger partial charge < -0.3 is 15.2 Å². The second-order valence-electron chi connectivity index (χ2n) is 5.76. The molecule has 5 heteroatoms. The van der Waals surface area contributed by atoms with Crippen LogP contribution in [-0.2, 0) is 13.1 Å². The van der Waals surface area contributed by atoms with E-state index in [2.05, 4.69) is 20.2 Å². The number of aryl methyl sites for hydroxylation is 1. The van der Waals surface area contributed by atoms with Crippen molar-refractivity contribution in [1.29, 1.82) is 0 Å². The van der Waals surface area contributed by atoms with Gasteiger partial charge >= 0.3 is 6.03 Å². The van der Waals surface area contributed by atoms with E-state index in [0.29, 0.717) is 13.1 Å². The van der Waals surface area contributed by atoms with Gasteiger partial charge in [0.05, 0.1) is 0 Å². The molecule has 25 heavy (non-hydrogen) atoms. The first-order chi connectivity index (χ1) is 12.3. The van der Waals surface area contributed by atoms with E-state index in [-0.39, 0.29) is 6.03 Å². The fourth-order valence-electron chi connectivity index (χ4n) is 2.63. The normalized spacial score (nSPS) is 10.4. The fraction of sp³-hybridized carbons (Fsp3) is 0.200. The Balaban J connectivity index is 1.40. The molecule has 0 saturated heterocycles. The Morgan fingerprint density at radius 1 is 0.960 bits per heavy atom. The van der Waals surface area contributed by atoms with Gasteiger partial charge in [-0.1, -0.05) is 60.7 Å². The molecule has 2 aromatic carbocycles. The Bertz CT molecular complexity index is 784. The largest absolute Gasteiger partial charge is 0.338 e. The number of imidazole rings is 1. The Hall–Kier alpha value is -3.08. The minimum atomic E-state index is -0.141. The van der Waals surface area contributed by atoms with Crippen molar-refractivity contribution < 1.29 is 4.79 Å². The van der Waals surface area contributed by atoms with Gasteiger partial charge in [-0.25, -0.2) is 9.78 Å². The molecule has 5 nitrogen and oxygen atoms in total. The summed E-state index contributed by atoms with van der Waals surface area (Å²) in [6.45, 7) is 1.96. The monoisotopic (exact) mass is 334 g/mol. The summed E-state index contributed by atoms with van der Waals surface area (Å²) in [4.78, 5) is 16.3. The molecule has 0 atom stereocenters. The van der Waals surface area contributed by atoms with Crippen molar-refractivity contribution in [1.82, 2.24) is 20.2 Å². The van der Waals surface area contributed by atoms with Crippen molar-refractivity contribution in [3.8, 4) is 11.4 Å². The highest BCUT2D eigenvalue weighted by atomic mass is 16.2. The van der Waals surface area contributed by atoms with Crippen LogP contribution in [0.25, 0.3) is 11.4 Å². The molecular formula is C20H22N4O. The third-order valence-electron chi connectivity index (χ3n) is 3.90. The predicted molar refractivity (Wildman–Crippen MR) is 99.0 cm³/mol. The summed E-state index contributed by atoms with van der Waals surface area (Å²) in [6.07, 6.45) is 4.62. The maximum atomic E-state index is 11.8. The maximum absolute atomic E-state index is 11.8. The van der Waals surface area contributed by atoms with Gasteiger partial charge in [0.1, 0.15) is 5.82 Å². The second-order valence-corrected chi connectivity index (χ2v) is 5.76. The van der Waals surface area contributed by atoms with Crippen LogP contribution >= 0.6 is 0 Å². The van der Waals surface area contributed by atoms with E-state index in [9.17, 15) is 4.79 Å². The summed E-state index contributed by atoms with van der Waals surface area (Å²) in [7, 11) is 0. The SMILES string of the molecule is O=C(NCCCn1ccnc1-c1ccccc1)NCc1ccccc1. The topological polar surface area (TPSA) is 59.0 Å². The summed E-state index contributed by atoms with van der Waals surface area (Å²) in [6, 6.07) is 19.8. The minimum Gasteiger partial charge on any atom is -0.338 e. The first-order valence-corrected chi connectivity index (χ1v) is 8.45. The second kappa shape index (κ2) is 8.68. The molecule has 0 fully saturated rings. The zero-order valence-corrected chi connectivity index (χ0v) is 14.1. The number of aromatic nitrogens is 2. The van der Waals surface area contributed by atoms with E-state index in [0.717, 1.165) is 29.9 Å². The number of carbonyl (C=O) groups excluding carboxylic acids is 1. The fourth-order valence-corrected chi connectivity index (χ4v) is 2.63.